The molecule has 0 saturated carbocycles. The standard InChI is InChI=1S/C14H25N5/c1-10-8-12(15)16-17-13(10)18-6-7-19(11(2)9-18)14(3,4)5/h8,11H,6-7,9H2,1-5H3,(H2,15,16)/t11-/m0/s1. The lowest BCUT2D eigenvalue weighted by Gasteiger charge is -2.47. The van der Waals surface area contributed by atoms with Crippen molar-refractivity contribution in [3.05, 3.63) is 11.6 Å². The van der Waals surface area contributed by atoms with E-state index in [2.05, 4.69) is 47.7 Å². The van der Waals surface area contributed by atoms with E-state index in [9.17, 15) is 0 Å². The number of nitrogens with zero attached hydrogens (tertiary/aromatic N) is 4. The Labute approximate surface area is 115 Å². The Balaban J connectivity index is 2.14. The smallest absolute Gasteiger partial charge is 0.154 e. The maximum absolute atomic E-state index is 5.66. The van der Waals surface area contributed by atoms with Crippen molar-refractivity contribution in [2.24, 2.45) is 0 Å². The van der Waals surface area contributed by atoms with Crippen LogP contribution in [0.1, 0.15) is 33.3 Å². The lowest BCUT2D eigenvalue weighted by atomic mass is 10.0. The molecule has 1 aromatic rings. The molecule has 1 aliphatic rings. The first-order chi connectivity index (χ1) is 8.79. The molecule has 0 radical (unpaired) electrons. The van der Waals surface area contributed by atoms with Crippen LogP contribution in [0.3, 0.4) is 0 Å². The Morgan fingerprint density at radius 3 is 2.47 bits per heavy atom. The maximum Gasteiger partial charge on any atom is 0.154 e. The first-order valence-electron chi connectivity index (χ1n) is 6.90. The fourth-order valence-electron chi connectivity index (χ4n) is 2.96. The van der Waals surface area contributed by atoms with Gasteiger partial charge in [-0.05, 0) is 46.2 Å². The highest BCUT2D eigenvalue weighted by Gasteiger charge is 2.32. The van der Waals surface area contributed by atoms with E-state index in [0.29, 0.717) is 11.9 Å². The molecule has 0 amide bonds. The van der Waals surface area contributed by atoms with E-state index in [1.807, 2.05) is 13.0 Å². The first kappa shape index (κ1) is 14.1. The van der Waals surface area contributed by atoms with E-state index in [1.54, 1.807) is 0 Å². The minimum atomic E-state index is 0.216. The number of hydrogen-bond acceptors (Lipinski definition) is 5. The van der Waals surface area contributed by atoms with E-state index in [4.69, 9.17) is 5.73 Å². The van der Waals surface area contributed by atoms with Crippen LogP contribution in [0.5, 0.6) is 0 Å². The molecular weight excluding hydrogens is 238 g/mol. The number of anilines is 2. The van der Waals surface area contributed by atoms with E-state index >= 15 is 0 Å². The topological polar surface area (TPSA) is 58.3 Å². The van der Waals surface area contributed by atoms with Crippen LogP contribution in [0.4, 0.5) is 11.6 Å². The molecule has 5 nitrogen and oxygen atoms in total. The molecule has 0 aliphatic carbocycles. The lowest BCUT2D eigenvalue weighted by molar-refractivity contribution is 0.0796. The molecular formula is C14H25N5. The molecule has 5 heteroatoms. The quantitative estimate of drug-likeness (QED) is 0.835. The summed E-state index contributed by atoms with van der Waals surface area (Å²) in [6, 6.07) is 2.40. The Bertz CT molecular complexity index is 452. The minimum absolute atomic E-state index is 0.216. The van der Waals surface area contributed by atoms with Crippen LogP contribution in [-0.2, 0) is 0 Å². The number of nitrogens with two attached hydrogens (primary N) is 1. The van der Waals surface area contributed by atoms with Crippen molar-refractivity contribution in [1.82, 2.24) is 15.1 Å². The van der Waals surface area contributed by atoms with E-state index in [1.165, 1.54) is 0 Å². The highest BCUT2D eigenvalue weighted by molar-refractivity contribution is 5.49. The van der Waals surface area contributed by atoms with Crippen LogP contribution < -0.4 is 10.6 Å². The summed E-state index contributed by atoms with van der Waals surface area (Å²) in [4.78, 5) is 4.86. The average Bonchev–Trinajstić information content (AvgIpc) is 2.26. The van der Waals surface area contributed by atoms with Crippen molar-refractivity contribution in [2.45, 2.75) is 46.2 Å². The first-order valence-corrected chi connectivity index (χ1v) is 6.90. The van der Waals surface area contributed by atoms with Crippen LogP contribution in [0, 0.1) is 6.92 Å². The van der Waals surface area contributed by atoms with Gasteiger partial charge in [0.15, 0.2) is 5.82 Å². The SMILES string of the molecule is Cc1cc(N)nnc1N1CCN(C(C)(C)C)[C@@H](C)C1. The third-order valence-electron chi connectivity index (χ3n) is 3.77. The van der Waals surface area contributed by atoms with Crippen LogP contribution in [-0.4, -0.2) is 46.3 Å². The zero-order chi connectivity index (χ0) is 14.2. The second-order valence-electron chi connectivity index (χ2n) is 6.44. The molecule has 106 valence electrons. The molecule has 1 fully saturated rings. The Morgan fingerprint density at radius 2 is 1.95 bits per heavy atom. The summed E-state index contributed by atoms with van der Waals surface area (Å²) in [5.41, 5.74) is 6.98. The Hall–Kier alpha value is -1.36. The minimum Gasteiger partial charge on any atom is -0.382 e. The van der Waals surface area contributed by atoms with Gasteiger partial charge in [-0.2, -0.15) is 0 Å². The summed E-state index contributed by atoms with van der Waals surface area (Å²) in [5, 5.41) is 8.24. The van der Waals surface area contributed by atoms with Crippen molar-refractivity contribution >= 4 is 11.6 Å². The third-order valence-corrected chi connectivity index (χ3v) is 3.77. The van der Waals surface area contributed by atoms with Gasteiger partial charge in [-0.15, -0.1) is 10.2 Å². The summed E-state index contributed by atoms with van der Waals surface area (Å²) in [5.74, 6) is 1.46. The fraction of sp³-hybridized carbons (Fsp3) is 0.714. The van der Waals surface area contributed by atoms with E-state index in [-0.39, 0.29) is 5.54 Å². The number of rotatable bonds is 1. The number of hydrogen-bond donors (Lipinski definition) is 1. The number of piperazine rings is 1. The zero-order valence-electron chi connectivity index (χ0n) is 12.6. The van der Waals surface area contributed by atoms with Gasteiger partial charge in [0, 0.05) is 31.2 Å². The van der Waals surface area contributed by atoms with Gasteiger partial charge in [0.2, 0.25) is 0 Å². The molecule has 1 saturated heterocycles. The predicted molar refractivity (Wildman–Crippen MR) is 79.3 cm³/mol. The van der Waals surface area contributed by atoms with Crippen molar-refractivity contribution in [3.63, 3.8) is 0 Å². The molecule has 0 unspecified atom stereocenters. The largest absolute Gasteiger partial charge is 0.382 e. The fourth-order valence-corrected chi connectivity index (χ4v) is 2.96. The molecule has 2 N–H and O–H groups in total. The lowest BCUT2D eigenvalue weighted by Crippen LogP contribution is -2.58. The predicted octanol–water partition coefficient (Wildman–Crippen LogP) is 1.68. The number of aromatic nitrogens is 2. The van der Waals surface area contributed by atoms with Crippen LogP contribution in [0.2, 0.25) is 0 Å². The number of aryl methyl sites for hydroxylation is 1. The van der Waals surface area contributed by atoms with Crippen molar-refractivity contribution in [3.8, 4) is 0 Å². The molecule has 1 atom stereocenters. The second kappa shape index (κ2) is 4.96. The monoisotopic (exact) mass is 263 g/mol. The normalized spacial score (nSPS) is 21.7. The van der Waals surface area contributed by atoms with Gasteiger partial charge in [-0.1, -0.05) is 0 Å². The molecule has 1 aliphatic heterocycles. The van der Waals surface area contributed by atoms with Gasteiger partial charge >= 0.3 is 0 Å². The molecule has 0 bridgehead atoms. The van der Waals surface area contributed by atoms with Gasteiger partial charge in [-0.25, -0.2) is 0 Å². The van der Waals surface area contributed by atoms with E-state index < -0.39 is 0 Å². The second-order valence-corrected chi connectivity index (χ2v) is 6.44. The van der Waals surface area contributed by atoms with Crippen LogP contribution in [0.15, 0.2) is 6.07 Å². The third kappa shape index (κ3) is 2.97. The van der Waals surface area contributed by atoms with Crippen molar-refractivity contribution < 1.29 is 0 Å². The molecule has 0 aromatic carbocycles. The highest BCUT2D eigenvalue weighted by atomic mass is 15.3. The summed E-state index contributed by atoms with van der Waals surface area (Å²) in [6.45, 7) is 14.2. The number of nitrogen functional groups attached to an aromatic ring is 1. The summed E-state index contributed by atoms with van der Waals surface area (Å²) < 4.78 is 0. The van der Waals surface area contributed by atoms with E-state index in [0.717, 1.165) is 31.0 Å². The van der Waals surface area contributed by atoms with Gasteiger partial charge < -0.3 is 10.6 Å². The van der Waals surface area contributed by atoms with Gasteiger partial charge in [0.1, 0.15) is 5.82 Å². The average molecular weight is 263 g/mol. The molecule has 2 rings (SSSR count). The maximum atomic E-state index is 5.66. The Morgan fingerprint density at radius 1 is 1.26 bits per heavy atom. The summed E-state index contributed by atoms with van der Waals surface area (Å²) in [6.07, 6.45) is 0. The molecule has 19 heavy (non-hydrogen) atoms. The van der Waals surface area contributed by atoms with Crippen LogP contribution >= 0.6 is 0 Å². The van der Waals surface area contributed by atoms with Crippen molar-refractivity contribution in [2.75, 3.05) is 30.3 Å². The molecule has 2 heterocycles. The summed E-state index contributed by atoms with van der Waals surface area (Å²) >= 11 is 0. The van der Waals surface area contributed by atoms with Crippen LogP contribution in [0.25, 0.3) is 0 Å². The van der Waals surface area contributed by atoms with Gasteiger partial charge in [-0.3, -0.25) is 4.90 Å². The van der Waals surface area contributed by atoms with Crippen molar-refractivity contribution in [1.29, 1.82) is 0 Å². The molecule has 1 aromatic heterocycles. The highest BCUT2D eigenvalue weighted by Crippen LogP contribution is 2.25. The zero-order valence-corrected chi connectivity index (χ0v) is 12.6. The Kier molecular flexibility index (Phi) is 3.67. The summed E-state index contributed by atoms with van der Waals surface area (Å²) in [7, 11) is 0. The molecule has 0 spiro atoms. The van der Waals surface area contributed by atoms with Gasteiger partial charge in [0.05, 0.1) is 0 Å². The van der Waals surface area contributed by atoms with Gasteiger partial charge in [0.25, 0.3) is 0 Å².